The smallest absolute Gasteiger partial charge is 0.257 e. The lowest BCUT2D eigenvalue weighted by Gasteiger charge is -2.32. The molecule has 1 saturated carbocycles. The van der Waals surface area contributed by atoms with Crippen molar-refractivity contribution in [1.82, 2.24) is 20.1 Å². The van der Waals surface area contributed by atoms with Gasteiger partial charge in [0.05, 0.1) is 13.2 Å². The average Bonchev–Trinajstić information content (AvgIpc) is 3.38. The molecular formula is C24H29N5O2. The van der Waals surface area contributed by atoms with Crippen molar-refractivity contribution in [3.63, 3.8) is 0 Å². The number of aromatic nitrogens is 4. The summed E-state index contributed by atoms with van der Waals surface area (Å²) in [5.41, 5.74) is 3.30. The van der Waals surface area contributed by atoms with E-state index < -0.39 is 0 Å². The number of piperidine rings is 1. The van der Waals surface area contributed by atoms with Gasteiger partial charge in [-0.05, 0) is 66.7 Å². The number of anilines is 1. The molecule has 0 bridgehead atoms. The maximum absolute atomic E-state index is 6.03. The molecule has 1 saturated heterocycles. The van der Waals surface area contributed by atoms with E-state index in [9.17, 15) is 0 Å². The van der Waals surface area contributed by atoms with E-state index in [1.165, 1.54) is 36.7 Å². The second kappa shape index (κ2) is 9.14. The van der Waals surface area contributed by atoms with E-state index in [0.29, 0.717) is 18.4 Å². The van der Waals surface area contributed by atoms with Crippen molar-refractivity contribution in [3.05, 3.63) is 54.1 Å². The van der Waals surface area contributed by atoms with Gasteiger partial charge in [0.1, 0.15) is 0 Å². The van der Waals surface area contributed by atoms with Crippen molar-refractivity contribution in [2.24, 2.45) is 17.8 Å². The first-order chi connectivity index (χ1) is 15.3. The number of rotatable bonds is 8. The van der Waals surface area contributed by atoms with Gasteiger partial charge in [-0.3, -0.25) is 0 Å². The van der Waals surface area contributed by atoms with E-state index >= 15 is 0 Å². The number of hydrogen-bond acceptors (Lipinski definition) is 7. The van der Waals surface area contributed by atoms with Crippen LogP contribution in [0.25, 0.3) is 11.5 Å². The summed E-state index contributed by atoms with van der Waals surface area (Å²) in [6, 6.07) is 8.13. The maximum atomic E-state index is 6.03. The Balaban J connectivity index is 1.03. The van der Waals surface area contributed by atoms with Crippen molar-refractivity contribution in [3.8, 4) is 11.5 Å². The molecule has 0 amide bonds. The standard InChI is InChI=1S/C24H29N5O2/c1-2-17-12-25-24(26-13-17)29-9-7-19(8-10-29)22-11-21(22)15-30-14-18-3-5-20(6-4-18)23-27-16-28-31-23/h3-6,12-13,16,19,21-22H,2,7-11,14-15H2,1H3. The van der Waals surface area contributed by atoms with Crippen LogP contribution >= 0.6 is 0 Å². The van der Waals surface area contributed by atoms with Crippen molar-refractivity contribution in [1.29, 1.82) is 0 Å². The van der Waals surface area contributed by atoms with E-state index in [0.717, 1.165) is 49.5 Å². The average molecular weight is 420 g/mol. The van der Waals surface area contributed by atoms with E-state index in [4.69, 9.17) is 9.26 Å². The first-order valence-corrected chi connectivity index (χ1v) is 11.3. The Kier molecular flexibility index (Phi) is 5.93. The minimum Gasteiger partial charge on any atom is -0.376 e. The summed E-state index contributed by atoms with van der Waals surface area (Å²) in [6.07, 6.45) is 10.1. The van der Waals surface area contributed by atoms with Crippen molar-refractivity contribution in [2.45, 2.75) is 39.2 Å². The van der Waals surface area contributed by atoms with Gasteiger partial charge in [-0.15, -0.1) is 0 Å². The van der Waals surface area contributed by atoms with Crippen LogP contribution in [-0.4, -0.2) is 39.8 Å². The first kappa shape index (κ1) is 20.1. The van der Waals surface area contributed by atoms with Gasteiger partial charge in [-0.2, -0.15) is 4.98 Å². The first-order valence-electron chi connectivity index (χ1n) is 11.3. The van der Waals surface area contributed by atoms with Crippen LogP contribution in [0.2, 0.25) is 0 Å². The van der Waals surface area contributed by atoms with Gasteiger partial charge in [-0.25, -0.2) is 9.97 Å². The predicted molar refractivity (Wildman–Crippen MR) is 117 cm³/mol. The molecule has 3 aromatic rings. The molecule has 5 rings (SSSR count). The summed E-state index contributed by atoms with van der Waals surface area (Å²) in [7, 11) is 0. The lowest BCUT2D eigenvalue weighted by atomic mass is 9.91. The quantitative estimate of drug-likeness (QED) is 0.542. The minimum absolute atomic E-state index is 0.545. The Morgan fingerprint density at radius 3 is 2.48 bits per heavy atom. The number of nitrogens with zero attached hydrogens (tertiary/aromatic N) is 5. The zero-order valence-corrected chi connectivity index (χ0v) is 18.0. The highest BCUT2D eigenvalue weighted by atomic mass is 16.5. The van der Waals surface area contributed by atoms with E-state index in [2.05, 4.69) is 44.1 Å². The van der Waals surface area contributed by atoms with Crippen molar-refractivity contribution >= 4 is 5.95 Å². The lowest BCUT2D eigenvalue weighted by Crippen LogP contribution is -2.35. The summed E-state index contributed by atoms with van der Waals surface area (Å²) >= 11 is 0. The number of aryl methyl sites for hydroxylation is 1. The monoisotopic (exact) mass is 419 g/mol. The van der Waals surface area contributed by atoms with Gasteiger partial charge < -0.3 is 14.2 Å². The highest BCUT2D eigenvalue weighted by Gasteiger charge is 2.43. The zero-order chi connectivity index (χ0) is 21.0. The molecule has 2 atom stereocenters. The largest absolute Gasteiger partial charge is 0.376 e. The van der Waals surface area contributed by atoms with Gasteiger partial charge in [-0.1, -0.05) is 24.2 Å². The second-order valence-corrected chi connectivity index (χ2v) is 8.69. The highest BCUT2D eigenvalue weighted by molar-refractivity contribution is 5.52. The molecule has 1 aliphatic heterocycles. The third-order valence-electron chi connectivity index (χ3n) is 6.67. The van der Waals surface area contributed by atoms with Gasteiger partial charge >= 0.3 is 0 Å². The number of benzene rings is 1. The van der Waals surface area contributed by atoms with E-state index in [1.54, 1.807) is 0 Å². The van der Waals surface area contributed by atoms with Crippen LogP contribution < -0.4 is 4.90 Å². The van der Waals surface area contributed by atoms with Gasteiger partial charge in [0.25, 0.3) is 5.89 Å². The molecule has 162 valence electrons. The lowest BCUT2D eigenvalue weighted by molar-refractivity contribution is 0.104. The molecule has 2 aliphatic rings. The molecule has 7 heteroatoms. The van der Waals surface area contributed by atoms with Gasteiger partial charge in [0.15, 0.2) is 6.33 Å². The topological polar surface area (TPSA) is 77.2 Å². The number of hydrogen-bond donors (Lipinski definition) is 0. The Morgan fingerprint density at radius 1 is 1.03 bits per heavy atom. The maximum Gasteiger partial charge on any atom is 0.257 e. The molecule has 2 fully saturated rings. The van der Waals surface area contributed by atoms with Crippen LogP contribution in [0.3, 0.4) is 0 Å². The van der Waals surface area contributed by atoms with Crippen molar-refractivity contribution < 1.29 is 9.26 Å². The molecular weight excluding hydrogens is 390 g/mol. The summed E-state index contributed by atoms with van der Waals surface area (Å²) < 4.78 is 11.1. The third-order valence-corrected chi connectivity index (χ3v) is 6.67. The molecule has 2 aromatic heterocycles. The van der Waals surface area contributed by atoms with Crippen LogP contribution in [-0.2, 0) is 17.8 Å². The molecule has 0 spiro atoms. The molecule has 0 radical (unpaired) electrons. The van der Waals surface area contributed by atoms with Crippen LogP contribution in [0.1, 0.15) is 37.3 Å². The fourth-order valence-corrected chi connectivity index (χ4v) is 4.63. The molecule has 7 nitrogen and oxygen atoms in total. The van der Waals surface area contributed by atoms with Crippen LogP contribution in [0, 0.1) is 17.8 Å². The molecule has 31 heavy (non-hydrogen) atoms. The Labute approximate surface area is 182 Å². The molecule has 2 unspecified atom stereocenters. The van der Waals surface area contributed by atoms with Crippen LogP contribution in [0.4, 0.5) is 5.95 Å². The van der Waals surface area contributed by atoms with Crippen LogP contribution in [0.5, 0.6) is 0 Å². The fourth-order valence-electron chi connectivity index (χ4n) is 4.63. The van der Waals surface area contributed by atoms with Gasteiger partial charge in [0, 0.05) is 31.0 Å². The molecule has 1 aromatic carbocycles. The third kappa shape index (κ3) is 4.77. The summed E-state index contributed by atoms with van der Waals surface area (Å²) in [6.45, 7) is 5.77. The number of ether oxygens (including phenoxy) is 1. The van der Waals surface area contributed by atoms with E-state index in [1.807, 2.05) is 24.5 Å². The SMILES string of the molecule is CCc1cnc(N2CCC(C3CC3COCc3ccc(-c4ncno4)cc3)CC2)nc1. The second-order valence-electron chi connectivity index (χ2n) is 8.69. The summed E-state index contributed by atoms with van der Waals surface area (Å²) in [4.78, 5) is 15.5. The van der Waals surface area contributed by atoms with Gasteiger partial charge in [0.2, 0.25) is 5.95 Å². The normalized spacial score (nSPS) is 21.4. The Hall–Kier alpha value is -2.80. The zero-order valence-electron chi connectivity index (χ0n) is 18.0. The highest BCUT2D eigenvalue weighted by Crippen LogP contribution is 2.48. The Bertz CT molecular complexity index is 951. The van der Waals surface area contributed by atoms with Crippen LogP contribution in [0.15, 0.2) is 47.5 Å². The fraction of sp³-hybridized carbons (Fsp3) is 0.500. The molecule has 3 heterocycles. The summed E-state index contributed by atoms with van der Waals surface area (Å²) in [5.74, 6) is 3.79. The van der Waals surface area contributed by atoms with Crippen molar-refractivity contribution in [2.75, 3.05) is 24.6 Å². The Morgan fingerprint density at radius 2 is 1.81 bits per heavy atom. The minimum atomic E-state index is 0.545. The summed E-state index contributed by atoms with van der Waals surface area (Å²) in [5, 5.41) is 3.65. The molecule has 0 N–H and O–H groups in total. The van der Waals surface area contributed by atoms with E-state index in [-0.39, 0.29) is 0 Å². The molecule has 1 aliphatic carbocycles. The predicted octanol–water partition coefficient (Wildman–Crippen LogP) is 4.16.